The molecule has 0 aliphatic heterocycles. The smallest absolute Gasteiger partial charge is 0.255 e. The number of nitrogens with one attached hydrogen (secondary N) is 1. The minimum absolute atomic E-state index is 0.0361. The summed E-state index contributed by atoms with van der Waals surface area (Å²) in [5, 5.41) is 2.59. The van der Waals surface area contributed by atoms with Crippen molar-refractivity contribution in [3.8, 4) is 0 Å². The fraction of sp³-hybridized carbons (Fsp3) is 0.300. The van der Waals surface area contributed by atoms with E-state index in [4.69, 9.17) is 11.6 Å². The second-order valence-corrected chi connectivity index (χ2v) is 6.36. The molecule has 0 saturated heterocycles. The maximum Gasteiger partial charge on any atom is 0.255 e. The SMILES string of the molecule is CCCN(CCC)C(=O)c1ccc(C(=O)Nc2ccc(F)c(Cl)c2)cc1. The van der Waals surface area contributed by atoms with Crippen LogP contribution in [-0.4, -0.2) is 29.8 Å². The summed E-state index contributed by atoms with van der Waals surface area (Å²) in [7, 11) is 0. The van der Waals surface area contributed by atoms with E-state index in [0.29, 0.717) is 29.9 Å². The standard InChI is InChI=1S/C20H22ClFN2O2/c1-3-11-24(12-4-2)20(26)15-7-5-14(6-8-15)19(25)23-16-9-10-18(22)17(21)13-16/h5-10,13H,3-4,11-12H2,1-2H3,(H,23,25). The third kappa shape index (κ3) is 5.05. The van der Waals surface area contributed by atoms with Crippen molar-refractivity contribution in [2.24, 2.45) is 0 Å². The van der Waals surface area contributed by atoms with Crippen molar-refractivity contribution in [2.45, 2.75) is 26.7 Å². The van der Waals surface area contributed by atoms with E-state index in [1.807, 2.05) is 18.7 Å². The number of hydrogen-bond acceptors (Lipinski definition) is 2. The van der Waals surface area contributed by atoms with Crippen LogP contribution in [0.25, 0.3) is 0 Å². The summed E-state index contributed by atoms with van der Waals surface area (Å²) in [5.41, 5.74) is 1.35. The quantitative estimate of drug-likeness (QED) is 0.739. The summed E-state index contributed by atoms with van der Waals surface area (Å²) in [6.07, 6.45) is 1.79. The van der Waals surface area contributed by atoms with Gasteiger partial charge in [-0.2, -0.15) is 0 Å². The molecule has 0 radical (unpaired) electrons. The van der Waals surface area contributed by atoms with Crippen LogP contribution >= 0.6 is 11.6 Å². The Hall–Kier alpha value is -2.40. The van der Waals surface area contributed by atoms with Crippen molar-refractivity contribution in [1.29, 1.82) is 0 Å². The Labute approximate surface area is 158 Å². The predicted octanol–water partition coefficient (Wildman–Crippen LogP) is 4.99. The van der Waals surface area contributed by atoms with E-state index in [1.54, 1.807) is 24.3 Å². The first kappa shape index (κ1) is 19.9. The highest BCUT2D eigenvalue weighted by Gasteiger charge is 2.15. The third-order valence-corrected chi connectivity index (χ3v) is 4.14. The van der Waals surface area contributed by atoms with E-state index in [1.165, 1.54) is 18.2 Å². The lowest BCUT2D eigenvalue weighted by Crippen LogP contribution is -2.32. The van der Waals surface area contributed by atoms with Gasteiger partial charge in [-0.15, -0.1) is 0 Å². The molecule has 2 amide bonds. The second-order valence-electron chi connectivity index (χ2n) is 5.95. The summed E-state index contributed by atoms with van der Waals surface area (Å²) in [6, 6.07) is 10.5. The molecule has 0 saturated carbocycles. The molecule has 0 heterocycles. The molecule has 0 atom stereocenters. The van der Waals surface area contributed by atoms with Gasteiger partial charge in [0.15, 0.2) is 0 Å². The average molecular weight is 377 g/mol. The van der Waals surface area contributed by atoms with Gasteiger partial charge in [0.1, 0.15) is 5.82 Å². The van der Waals surface area contributed by atoms with Crippen molar-refractivity contribution in [2.75, 3.05) is 18.4 Å². The zero-order chi connectivity index (χ0) is 19.1. The van der Waals surface area contributed by atoms with Gasteiger partial charge in [0.05, 0.1) is 5.02 Å². The molecule has 0 unspecified atom stereocenters. The molecule has 0 bridgehead atoms. The van der Waals surface area contributed by atoms with Crippen LogP contribution in [0.4, 0.5) is 10.1 Å². The molecule has 6 heteroatoms. The van der Waals surface area contributed by atoms with Crippen molar-refractivity contribution >= 4 is 29.1 Å². The molecular formula is C20H22ClFN2O2. The Morgan fingerprint density at radius 1 is 1.00 bits per heavy atom. The maximum absolute atomic E-state index is 13.2. The fourth-order valence-corrected chi connectivity index (χ4v) is 2.76. The zero-order valence-electron chi connectivity index (χ0n) is 14.9. The van der Waals surface area contributed by atoms with Crippen LogP contribution in [-0.2, 0) is 0 Å². The summed E-state index contributed by atoms with van der Waals surface area (Å²) in [5.74, 6) is -0.937. The lowest BCUT2D eigenvalue weighted by atomic mass is 10.1. The topological polar surface area (TPSA) is 49.4 Å². The van der Waals surface area contributed by atoms with E-state index in [-0.39, 0.29) is 16.8 Å². The van der Waals surface area contributed by atoms with E-state index < -0.39 is 5.82 Å². The van der Waals surface area contributed by atoms with E-state index >= 15 is 0 Å². The Morgan fingerprint density at radius 3 is 2.12 bits per heavy atom. The normalized spacial score (nSPS) is 10.5. The monoisotopic (exact) mass is 376 g/mol. The second kappa shape index (κ2) is 9.34. The minimum atomic E-state index is -0.545. The summed E-state index contributed by atoms with van der Waals surface area (Å²) < 4.78 is 13.2. The molecule has 0 fully saturated rings. The first-order valence-electron chi connectivity index (χ1n) is 8.62. The van der Waals surface area contributed by atoms with Crippen molar-refractivity contribution in [1.82, 2.24) is 4.90 Å². The molecule has 2 aromatic rings. The van der Waals surface area contributed by atoms with Crippen LogP contribution in [0.2, 0.25) is 5.02 Å². The third-order valence-electron chi connectivity index (χ3n) is 3.85. The van der Waals surface area contributed by atoms with Crippen LogP contribution < -0.4 is 5.32 Å². The largest absolute Gasteiger partial charge is 0.339 e. The van der Waals surface area contributed by atoms with Gasteiger partial charge in [0, 0.05) is 29.9 Å². The number of benzene rings is 2. The average Bonchev–Trinajstić information content (AvgIpc) is 2.64. The fourth-order valence-electron chi connectivity index (χ4n) is 2.58. The molecule has 0 aromatic heterocycles. The van der Waals surface area contributed by atoms with Gasteiger partial charge in [-0.3, -0.25) is 9.59 Å². The number of rotatable bonds is 7. The number of anilines is 1. The summed E-state index contributed by atoms with van der Waals surface area (Å²) in [4.78, 5) is 26.6. The Balaban J connectivity index is 2.09. The highest BCUT2D eigenvalue weighted by atomic mass is 35.5. The Morgan fingerprint density at radius 2 is 1.58 bits per heavy atom. The lowest BCUT2D eigenvalue weighted by Gasteiger charge is -2.21. The van der Waals surface area contributed by atoms with Gasteiger partial charge < -0.3 is 10.2 Å². The highest BCUT2D eigenvalue weighted by molar-refractivity contribution is 6.31. The lowest BCUT2D eigenvalue weighted by molar-refractivity contribution is 0.0755. The number of carbonyl (C=O) groups is 2. The van der Waals surface area contributed by atoms with E-state index in [0.717, 1.165) is 12.8 Å². The molecule has 2 rings (SSSR count). The Bertz CT molecular complexity index is 772. The molecule has 0 aliphatic carbocycles. The van der Waals surface area contributed by atoms with E-state index in [9.17, 15) is 14.0 Å². The van der Waals surface area contributed by atoms with Gasteiger partial charge in [-0.1, -0.05) is 25.4 Å². The zero-order valence-corrected chi connectivity index (χ0v) is 15.6. The van der Waals surface area contributed by atoms with Gasteiger partial charge in [-0.25, -0.2) is 4.39 Å². The van der Waals surface area contributed by atoms with Crippen molar-refractivity contribution < 1.29 is 14.0 Å². The van der Waals surface area contributed by atoms with Gasteiger partial charge >= 0.3 is 0 Å². The summed E-state index contributed by atoms with van der Waals surface area (Å²) in [6.45, 7) is 5.48. The van der Waals surface area contributed by atoms with Crippen molar-refractivity contribution in [3.63, 3.8) is 0 Å². The molecule has 0 spiro atoms. The Kier molecular flexibility index (Phi) is 7.16. The summed E-state index contributed by atoms with van der Waals surface area (Å²) >= 11 is 5.71. The number of amides is 2. The van der Waals surface area contributed by atoms with Crippen LogP contribution in [0.1, 0.15) is 47.4 Å². The molecule has 1 N–H and O–H groups in total. The van der Waals surface area contributed by atoms with E-state index in [2.05, 4.69) is 5.32 Å². The molecule has 26 heavy (non-hydrogen) atoms. The van der Waals surface area contributed by atoms with Gasteiger partial charge in [0.2, 0.25) is 0 Å². The van der Waals surface area contributed by atoms with Crippen LogP contribution in [0, 0.1) is 5.82 Å². The minimum Gasteiger partial charge on any atom is -0.339 e. The van der Waals surface area contributed by atoms with Gasteiger partial charge in [0.25, 0.3) is 11.8 Å². The molecule has 2 aromatic carbocycles. The number of carbonyl (C=O) groups excluding carboxylic acids is 2. The first-order valence-corrected chi connectivity index (χ1v) is 8.99. The van der Waals surface area contributed by atoms with Crippen LogP contribution in [0.5, 0.6) is 0 Å². The van der Waals surface area contributed by atoms with Crippen LogP contribution in [0.3, 0.4) is 0 Å². The first-order chi connectivity index (χ1) is 12.5. The number of nitrogens with zero attached hydrogens (tertiary/aromatic N) is 1. The maximum atomic E-state index is 13.2. The molecule has 0 aliphatic rings. The molecule has 138 valence electrons. The highest BCUT2D eigenvalue weighted by Crippen LogP contribution is 2.20. The predicted molar refractivity (Wildman–Crippen MR) is 102 cm³/mol. The van der Waals surface area contributed by atoms with Crippen LogP contribution in [0.15, 0.2) is 42.5 Å². The number of halogens is 2. The van der Waals surface area contributed by atoms with Gasteiger partial charge in [-0.05, 0) is 55.3 Å². The van der Waals surface area contributed by atoms with Crippen molar-refractivity contribution in [3.05, 3.63) is 64.4 Å². The number of hydrogen-bond donors (Lipinski definition) is 1. The molecule has 4 nitrogen and oxygen atoms in total. The molecular weight excluding hydrogens is 355 g/mol.